The van der Waals surface area contributed by atoms with Gasteiger partial charge in [0, 0.05) is 34.9 Å². The normalized spacial score (nSPS) is 24.6. The first kappa shape index (κ1) is 22.8. The van der Waals surface area contributed by atoms with Crippen molar-refractivity contribution in [3.8, 4) is 0 Å². The summed E-state index contributed by atoms with van der Waals surface area (Å²) in [7, 11) is 1.60. The van der Waals surface area contributed by atoms with Gasteiger partial charge in [-0.3, -0.25) is 0 Å². The van der Waals surface area contributed by atoms with Gasteiger partial charge < -0.3 is 19.7 Å². The maximum absolute atomic E-state index is 10.4. The molecule has 29 heavy (non-hydrogen) atoms. The highest BCUT2D eigenvalue weighted by atomic mass is 79.9. The first-order valence-corrected chi connectivity index (χ1v) is 11.9. The van der Waals surface area contributed by atoms with Crippen LogP contribution in [-0.2, 0) is 28.1 Å². The fraction of sp³-hybridized carbons (Fsp3) is 0.478. The van der Waals surface area contributed by atoms with E-state index in [0.29, 0.717) is 12.8 Å². The zero-order chi connectivity index (χ0) is 21.0. The van der Waals surface area contributed by atoms with Gasteiger partial charge in [-0.2, -0.15) is 0 Å². The average molecular weight is 481 g/mol. The van der Waals surface area contributed by atoms with Gasteiger partial charge >= 0.3 is 0 Å². The van der Waals surface area contributed by atoms with Gasteiger partial charge in [-0.1, -0.05) is 47.1 Å². The van der Waals surface area contributed by atoms with E-state index >= 15 is 0 Å². The van der Waals surface area contributed by atoms with Crippen molar-refractivity contribution in [2.75, 3.05) is 20.0 Å². The van der Waals surface area contributed by atoms with Gasteiger partial charge in [0.25, 0.3) is 0 Å². The molecule has 1 fully saturated rings. The minimum atomic E-state index is -1.08. The molecule has 6 heteroatoms. The number of aliphatic hydroxyl groups is 2. The van der Waals surface area contributed by atoms with Crippen LogP contribution in [0.1, 0.15) is 42.0 Å². The van der Waals surface area contributed by atoms with Crippen LogP contribution < -0.4 is 0 Å². The molecule has 0 aromatic heterocycles. The second kappa shape index (κ2) is 9.94. The highest BCUT2D eigenvalue weighted by Crippen LogP contribution is 2.44. The Balaban J connectivity index is 2.01. The molecule has 1 aliphatic heterocycles. The predicted octanol–water partition coefficient (Wildman–Crippen LogP) is 4.66. The first-order valence-electron chi connectivity index (χ1n) is 9.91. The first-order chi connectivity index (χ1) is 13.9. The Labute approximate surface area is 185 Å². The van der Waals surface area contributed by atoms with Gasteiger partial charge in [0.15, 0.2) is 5.79 Å². The summed E-state index contributed by atoms with van der Waals surface area (Å²) in [5.74, 6) is -1.08. The summed E-state index contributed by atoms with van der Waals surface area (Å²) in [6.07, 6.45) is 3.51. The SMILES string of the molecule is CCc1ccc(Cc2cc(C3(OC)CC(O)CC(CO)O3)c(SC)cc2Br)cc1. The van der Waals surface area contributed by atoms with E-state index in [1.165, 1.54) is 11.1 Å². The Morgan fingerprint density at radius 1 is 1.24 bits per heavy atom. The largest absolute Gasteiger partial charge is 0.394 e. The molecule has 3 atom stereocenters. The van der Waals surface area contributed by atoms with Gasteiger partial charge in [-0.05, 0) is 47.9 Å². The number of methoxy groups -OCH3 is 1. The molecule has 2 aromatic carbocycles. The van der Waals surface area contributed by atoms with Crippen LogP contribution >= 0.6 is 27.7 Å². The van der Waals surface area contributed by atoms with E-state index in [1.54, 1.807) is 18.9 Å². The fourth-order valence-corrected chi connectivity index (χ4v) is 5.21. The molecule has 0 bridgehead atoms. The molecule has 1 heterocycles. The number of aliphatic hydroxyl groups excluding tert-OH is 2. The molecule has 4 nitrogen and oxygen atoms in total. The maximum atomic E-state index is 10.4. The summed E-state index contributed by atoms with van der Waals surface area (Å²) >= 11 is 5.34. The minimum Gasteiger partial charge on any atom is -0.394 e. The summed E-state index contributed by atoms with van der Waals surface area (Å²) in [6.45, 7) is 2.01. The van der Waals surface area contributed by atoms with E-state index in [9.17, 15) is 10.2 Å². The minimum absolute atomic E-state index is 0.149. The van der Waals surface area contributed by atoms with Gasteiger partial charge in [-0.25, -0.2) is 0 Å². The monoisotopic (exact) mass is 480 g/mol. The molecule has 0 spiro atoms. The highest BCUT2D eigenvalue weighted by Gasteiger charge is 2.44. The van der Waals surface area contributed by atoms with Gasteiger partial charge in [-0.15, -0.1) is 11.8 Å². The summed E-state index contributed by atoms with van der Waals surface area (Å²) in [5, 5.41) is 20.1. The molecule has 0 amide bonds. The molecule has 2 N–H and O–H groups in total. The number of benzene rings is 2. The number of rotatable bonds is 7. The van der Waals surface area contributed by atoms with Crippen molar-refractivity contribution in [3.63, 3.8) is 0 Å². The average Bonchev–Trinajstić information content (AvgIpc) is 2.74. The highest BCUT2D eigenvalue weighted by molar-refractivity contribution is 9.10. The standard InChI is InChI=1S/C23H29BrO4S/c1-4-15-5-7-16(8-6-15)9-17-10-20(22(29-3)12-21(17)24)23(27-2)13-18(26)11-19(14-25)28-23/h5-8,10,12,18-19,25-26H,4,9,11,13-14H2,1-3H3. The Morgan fingerprint density at radius 3 is 2.52 bits per heavy atom. The number of aryl methyl sites for hydroxylation is 1. The number of hydrogen-bond donors (Lipinski definition) is 2. The Bertz CT molecular complexity index is 826. The summed E-state index contributed by atoms with van der Waals surface area (Å²) in [5.41, 5.74) is 4.58. The third-order valence-electron chi connectivity index (χ3n) is 5.53. The molecule has 158 valence electrons. The molecule has 0 radical (unpaired) electrons. The van der Waals surface area contributed by atoms with Crippen LogP contribution in [0.15, 0.2) is 45.8 Å². The molecule has 3 unspecified atom stereocenters. The van der Waals surface area contributed by atoms with E-state index in [2.05, 4.69) is 59.3 Å². The number of thioether (sulfide) groups is 1. The van der Waals surface area contributed by atoms with Gasteiger partial charge in [0.05, 0.1) is 18.8 Å². The van der Waals surface area contributed by atoms with Crippen LogP contribution in [0.3, 0.4) is 0 Å². The zero-order valence-corrected chi connectivity index (χ0v) is 19.6. The molecule has 1 aliphatic rings. The van der Waals surface area contributed by atoms with Crippen molar-refractivity contribution < 1.29 is 19.7 Å². The van der Waals surface area contributed by atoms with Gasteiger partial charge in [0.1, 0.15) is 0 Å². The van der Waals surface area contributed by atoms with Crippen LogP contribution in [0.5, 0.6) is 0 Å². The zero-order valence-electron chi connectivity index (χ0n) is 17.2. The van der Waals surface area contributed by atoms with Crippen molar-refractivity contribution >= 4 is 27.7 Å². The van der Waals surface area contributed by atoms with E-state index in [4.69, 9.17) is 9.47 Å². The van der Waals surface area contributed by atoms with Crippen molar-refractivity contribution in [3.05, 3.63) is 63.1 Å². The molecular weight excluding hydrogens is 452 g/mol. The van der Waals surface area contributed by atoms with E-state index in [0.717, 1.165) is 33.3 Å². The van der Waals surface area contributed by atoms with Crippen LogP contribution in [0, 0.1) is 0 Å². The quantitative estimate of drug-likeness (QED) is 0.564. The number of hydrogen-bond acceptors (Lipinski definition) is 5. The lowest BCUT2D eigenvalue weighted by Crippen LogP contribution is -2.47. The third kappa shape index (κ3) is 5.06. The maximum Gasteiger partial charge on any atom is 0.198 e. The van der Waals surface area contributed by atoms with Crippen molar-refractivity contribution in [1.29, 1.82) is 0 Å². The Hall–Kier alpha value is -0.890. The molecular formula is C23H29BrO4S. The topological polar surface area (TPSA) is 58.9 Å². The lowest BCUT2D eigenvalue weighted by molar-refractivity contribution is -0.300. The van der Waals surface area contributed by atoms with Crippen LogP contribution in [-0.4, -0.2) is 42.4 Å². The Morgan fingerprint density at radius 2 is 1.93 bits per heavy atom. The van der Waals surface area contributed by atoms with Gasteiger partial charge in [0.2, 0.25) is 0 Å². The molecule has 3 rings (SSSR count). The second-order valence-electron chi connectivity index (χ2n) is 7.46. The summed E-state index contributed by atoms with van der Waals surface area (Å²) < 4.78 is 13.1. The van der Waals surface area contributed by atoms with Crippen molar-refractivity contribution in [2.45, 2.75) is 55.5 Å². The van der Waals surface area contributed by atoms with Crippen molar-refractivity contribution in [1.82, 2.24) is 0 Å². The second-order valence-corrected chi connectivity index (χ2v) is 9.17. The van der Waals surface area contributed by atoms with Crippen LogP contribution in [0.2, 0.25) is 0 Å². The van der Waals surface area contributed by atoms with E-state index in [1.807, 2.05) is 6.26 Å². The summed E-state index contributed by atoms with van der Waals surface area (Å²) in [6, 6.07) is 12.9. The Kier molecular flexibility index (Phi) is 7.81. The smallest absolute Gasteiger partial charge is 0.198 e. The third-order valence-corrected chi connectivity index (χ3v) is 7.05. The molecule has 1 saturated heterocycles. The number of ether oxygens (including phenoxy) is 2. The predicted molar refractivity (Wildman–Crippen MR) is 120 cm³/mol. The fourth-order valence-electron chi connectivity index (χ4n) is 3.90. The van der Waals surface area contributed by atoms with Crippen LogP contribution in [0.4, 0.5) is 0 Å². The number of halogens is 1. The van der Waals surface area contributed by atoms with Crippen molar-refractivity contribution in [2.24, 2.45) is 0 Å². The van der Waals surface area contributed by atoms with E-state index in [-0.39, 0.29) is 6.61 Å². The lowest BCUT2D eigenvalue weighted by atomic mass is 9.90. The molecule has 0 aliphatic carbocycles. The van der Waals surface area contributed by atoms with Crippen LogP contribution in [0.25, 0.3) is 0 Å². The lowest BCUT2D eigenvalue weighted by Gasteiger charge is -2.42. The summed E-state index contributed by atoms with van der Waals surface area (Å²) in [4.78, 5) is 1.02. The molecule has 2 aromatic rings. The van der Waals surface area contributed by atoms with E-state index < -0.39 is 18.0 Å². The molecule has 0 saturated carbocycles.